The summed E-state index contributed by atoms with van der Waals surface area (Å²) in [4.78, 5) is 2.33. The van der Waals surface area contributed by atoms with Gasteiger partial charge < -0.3 is 10.2 Å². The highest BCUT2D eigenvalue weighted by molar-refractivity contribution is 5.82. The van der Waals surface area contributed by atoms with E-state index in [1.807, 2.05) is 6.07 Å². The second-order valence-corrected chi connectivity index (χ2v) is 14.7. The molecule has 0 saturated heterocycles. The molecule has 0 unspecified atom stereocenters. The fourth-order valence-corrected chi connectivity index (χ4v) is 6.57. The first-order valence-electron chi connectivity index (χ1n) is 20.9. The van der Waals surface area contributed by atoms with Crippen molar-refractivity contribution < 1.29 is 0 Å². The quantitative estimate of drug-likeness (QED) is 0.150. The largest absolute Gasteiger partial charge is 0.356 e. The van der Waals surface area contributed by atoms with Crippen molar-refractivity contribution >= 4 is 34.0 Å². The minimum atomic E-state index is 0.943. The summed E-state index contributed by atoms with van der Waals surface area (Å²) in [6, 6.07) is 64.9. The van der Waals surface area contributed by atoms with Crippen molar-refractivity contribution in [3.8, 4) is 33.4 Å². The number of nitrogens with one attached hydrogen (secondary N) is 1. The summed E-state index contributed by atoms with van der Waals surface area (Å²) in [5.41, 5.74) is 15.1. The molecule has 2 aliphatic carbocycles. The average molecular weight is 755 g/mol. The van der Waals surface area contributed by atoms with Gasteiger partial charge in [0.2, 0.25) is 0 Å². The van der Waals surface area contributed by atoms with Gasteiger partial charge in [-0.3, -0.25) is 0 Å². The Morgan fingerprint density at radius 3 is 1.14 bits per heavy atom. The van der Waals surface area contributed by atoms with E-state index >= 15 is 0 Å². The lowest BCUT2D eigenvalue weighted by Crippen LogP contribution is -2.09. The molecule has 2 aliphatic rings. The van der Waals surface area contributed by atoms with Crippen molar-refractivity contribution in [2.75, 3.05) is 10.2 Å². The number of nitrogens with zero attached hydrogens (tertiary/aromatic N) is 1. The van der Waals surface area contributed by atoms with E-state index in [0.29, 0.717) is 0 Å². The topological polar surface area (TPSA) is 15.3 Å². The van der Waals surface area contributed by atoms with Gasteiger partial charge in [-0.2, -0.15) is 0 Å². The summed E-state index contributed by atoms with van der Waals surface area (Å²) in [7, 11) is 0. The van der Waals surface area contributed by atoms with Crippen LogP contribution in [0.1, 0.15) is 57.9 Å². The maximum absolute atomic E-state index is 3.55. The second-order valence-electron chi connectivity index (χ2n) is 14.7. The molecule has 9 rings (SSSR count). The SMILES string of the molecule is C1=CCC=C(c2ccc(N(c3ccc(-c4ccccc4)cc3)c3ccc(-c4ccc(Nc5ccc(-c6ccccc6)cc5)cc4)cc3)cc2)C=C1.C1CC1.CCCC. The maximum atomic E-state index is 3.55. The van der Waals surface area contributed by atoms with E-state index in [-0.39, 0.29) is 0 Å². The highest BCUT2D eigenvalue weighted by Crippen LogP contribution is 2.38. The predicted molar refractivity (Wildman–Crippen MR) is 252 cm³/mol. The molecule has 0 radical (unpaired) electrons. The first kappa shape index (κ1) is 39.6. The Kier molecular flexibility index (Phi) is 14.0. The van der Waals surface area contributed by atoms with Crippen LogP contribution in [0.15, 0.2) is 212 Å². The van der Waals surface area contributed by atoms with E-state index in [4.69, 9.17) is 0 Å². The Bertz CT molecular complexity index is 2360. The summed E-state index contributed by atoms with van der Waals surface area (Å²) in [6.45, 7) is 4.36. The molecular formula is C56H54N2. The number of hydrogen-bond acceptors (Lipinski definition) is 2. The minimum absolute atomic E-state index is 0.943. The van der Waals surface area contributed by atoms with Crippen LogP contribution in [0.2, 0.25) is 0 Å². The highest BCUT2D eigenvalue weighted by Gasteiger charge is 2.14. The summed E-state index contributed by atoms with van der Waals surface area (Å²) >= 11 is 0. The Morgan fingerprint density at radius 2 is 0.759 bits per heavy atom. The molecule has 0 heterocycles. The lowest BCUT2D eigenvalue weighted by atomic mass is 10.0. The monoisotopic (exact) mass is 754 g/mol. The number of benzene rings is 7. The average Bonchev–Trinajstić information content (AvgIpc) is 4.21. The molecule has 58 heavy (non-hydrogen) atoms. The molecule has 288 valence electrons. The number of allylic oxidation sites excluding steroid dienone is 6. The van der Waals surface area contributed by atoms with E-state index in [1.54, 1.807) is 0 Å². The van der Waals surface area contributed by atoms with Gasteiger partial charge in [0.15, 0.2) is 0 Å². The van der Waals surface area contributed by atoms with Gasteiger partial charge >= 0.3 is 0 Å². The molecule has 0 bridgehead atoms. The van der Waals surface area contributed by atoms with Gasteiger partial charge in [0.05, 0.1) is 0 Å². The number of unbranched alkanes of at least 4 members (excludes halogenated alkanes) is 1. The molecule has 0 spiro atoms. The molecule has 0 amide bonds. The third-order valence-electron chi connectivity index (χ3n) is 10.2. The lowest BCUT2D eigenvalue weighted by Gasteiger charge is -2.26. The van der Waals surface area contributed by atoms with Crippen LogP contribution in [-0.2, 0) is 0 Å². The number of anilines is 5. The lowest BCUT2D eigenvalue weighted by molar-refractivity contribution is 0.886. The van der Waals surface area contributed by atoms with Crippen molar-refractivity contribution in [1.29, 1.82) is 0 Å². The van der Waals surface area contributed by atoms with Crippen LogP contribution in [0.3, 0.4) is 0 Å². The van der Waals surface area contributed by atoms with Gasteiger partial charge in [-0.15, -0.1) is 0 Å². The van der Waals surface area contributed by atoms with E-state index in [9.17, 15) is 0 Å². The highest BCUT2D eigenvalue weighted by atomic mass is 15.1. The molecule has 7 aromatic rings. The van der Waals surface area contributed by atoms with Crippen LogP contribution in [0, 0.1) is 0 Å². The molecule has 2 heteroatoms. The molecular weight excluding hydrogens is 701 g/mol. The van der Waals surface area contributed by atoms with Crippen molar-refractivity contribution in [3.63, 3.8) is 0 Å². The van der Waals surface area contributed by atoms with Gasteiger partial charge in [0, 0.05) is 28.4 Å². The first-order chi connectivity index (χ1) is 28.7. The van der Waals surface area contributed by atoms with Crippen molar-refractivity contribution in [2.24, 2.45) is 0 Å². The van der Waals surface area contributed by atoms with Crippen LogP contribution in [0.4, 0.5) is 28.4 Å². The molecule has 0 aromatic heterocycles. The van der Waals surface area contributed by atoms with Crippen LogP contribution in [0.25, 0.3) is 39.0 Å². The molecule has 0 atom stereocenters. The molecule has 1 N–H and O–H groups in total. The maximum Gasteiger partial charge on any atom is 0.0462 e. The van der Waals surface area contributed by atoms with Crippen molar-refractivity contribution in [1.82, 2.24) is 0 Å². The van der Waals surface area contributed by atoms with Gasteiger partial charge in [-0.25, -0.2) is 0 Å². The van der Waals surface area contributed by atoms with Gasteiger partial charge in [0.1, 0.15) is 0 Å². The van der Waals surface area contributed by atoms with Crippen LogP contribution in [0.5, 0.6) is 0 Å². The zero-order valence-electron chi connectivity index (χ0n) is 33.9. The van der Waals surface area contributed by atoms with E-state index in [0.717, 1.165) is 34.9 Å². The summed E-state index contributed by atoms with van der Waals surface area (Å²) < 4.78 is 0. The Balaban J connectivity index is 0.000000672. The zero-order valence-corrected chi connectivity index (χ0v) is 33.9. The van der Waals surface area contributed by atoms with E-state index in [2.05, 4.69) is 230 Å². The Hall–Kier alpha value is -6.64. The molecule has 1 fully saturated rings. The van der Waals surface area contributed by atoms with Gasteiger partial charge in [-0.1, -0.05) is 198 Å². The molecule has 7 aromatic carbocycles. The first-order valence-corrected chi connectivity index (χ1v) is 20.9. The molecule has 1 saturated carbocycles. The third-order valence-corrected chi connectivity index (χ3v) is 10.2. The van der Waals surface area contributed by atoms with Gasteiger partial charge in [-0.05, 0) is 112 Å². The fraction of sp³-hybridized carbons (Fsp3) is 0.143. The van der Waals surface area contributed by atoms with Gasteiger partial charge in [0.25, 0.3) is 0 Å². The zero-order chi connectivity index (χ0) is 39.8. The second kappa shape index (κ2) is 20.5. The Morgan fingerprint density at radius 1 is 0.397 bits per heavy atom. The van der Waals surface area contributed by atoms with Crippen LogP contribution >= 0.6 is 0 Å². The standard InChI is InChI=1S/C49H38N2.C4H10.C3H6/c1-2-6-12-38(11-5-1)42-21-31-47(32-22-42)51(48-33-23-43(24-34-48)39-15-9-4-10-16-39)49-35-25-44(26-36-49)41-19-29-46(30-20-41)50-45-27-17-40(18-28-45)37-13-7-3-8-14-37;1-3-4-2;1-2-3-1/h1-5,7-36,50H,6H2;3-4H2,1-2H3;1-3H2. The van der Waals surface area contributed by atoms with E-state index in [1.165, 1.54) is 76.6 Å². The fourth-order valence-electron chi connectivity index (χ4n) is 6.57. The van der Waals surface area contributed by atoms with Crippen molar-refractivity contribution in [2.45, 2.75) is 52.4 Å². The van der Waals surface area contributed by atoms with Crippen LogP contribution in [-0.4, -0.2) is 0 Å². The third kappa shape index (κ3) is 11.0. The van der Waals surface area contributed by atoms with E-state index < -0.39 is 0 Å². The smallest absolute Gasteiger partial charge is 0.0462 e. The summed E-state index contributed by atoms with van der Waals surface area (Å²) in [5, 5.41) is 3.55. The molecule has 0 aliphatic heterocycles. The number of hydrogen-bond donors (Lipinski definition) is 1. The normalized spacial score (nSPS) is 12.5. The summed E-state index contributed by atoms with van der Waals surface area (Å²) in [5.74, 6) is 0. The van der Waals surface area contributed by atoms with Crippen LogP contribution < -0.4 is 10.2 Å². The predicted octanol–water partition coefficient (Wildman–Crippen LogP) is 16.8. The molecule has 2 nitrogen and oxygen atoms in total. The minimum Gasteiger partial charge on any atom is -0.356 e. The van der Waals surface area contributed by atoms with Crippen molar-refractivity contribution in [3.05, 3.63) is 218 Å². The Labute approximate surface area is 346 Å². The number of rotatable bonds is 10. The summed E-state index contributed by atoms with van der Waals surface area (Å²) in [6.07, 6.45) is 18.9.